The van der Waals surface area contributed by atoms with Gasteiger partial charge in [-0.3, -0.25) is 9.59 Å². The van der Waals surface area contributed by atoms with Crippen molar-refractivity contribution in [3.63, 3.8) is 0 Å². The number of ether oxygens (including phenoxy) is 1. The first-order valence-corrected chi connectivity index (χ1v) is 9.31. The first kappa shape index (κ1) is 19.8. The number of nitrogens with one attached hydrogen (secondary N) is 2. The van der Waals surface area contributed by atoms with Gasteiger partial charge in [-0.25, -0.2) is 8.78 Å². The summed E-state index contributed by atoms with van der Waals surface area (Å²) in [7, 11) is 0. The second kappa shape index (κ2) is 9.30. The highest BCUT2D eigenvalue weighted by molar-refractivity contribution is 5.95. The molecule has 1 aliphatic carbocycles. The summed E-state index contributed by atoms with van der Waals surface area (Å²) in [5.41, 5.74) is 0.343. The summed E-state index contributed by atoms with van der Waals surface area (Å²) in [6, 6.07) is 9.89. The maximum Gasteiger partial charge on any atom is 0.254 e. The Morgan fingerprint density at radius 3 is 2.61 bits per heavy atom. The minimum atomic E-state index is -0.943. The molecule has 1 aliphatic rings. The Morgan fingerprint density at radius 1 is 1.07 bits per heavy atom. The van der Waals surface area contributed by atoms with Gasteiger partial charge in [0.25, 0.3) is 5.91 Å². The van der Waals surface area contributed by atoms with Gasteiger partial charge in [0.05, 0.1) is 11.7 Å². The zero-order valence-corrected chi connectivity index (χ0v) is 15.3. The summed E-state index contributed by atoms with van der Waals surface area (Å²) in [4.78, 5) is 24.0. The van der Waals surface area contributed by atoms with Gasteiger partial charge in [-0.05, 0) is 49.9 Å². The highest BCUT2D eigenvalue weighted by atomic mass is 19.1. The third-order valence-electron chi connectivity index (χ3n) is 4.54. The van der Waals surface area contributed by atoms with Crippen LogP contribution in [-0.4, -0.2) is 24.5 Å². The van der Waals surface area contributed by atoms with Crippen molar-refractivity contribution in [1.29, 1.82) is 0 Å². The maximum atomic E-state index is 13.6. The summed E-state index contributed by atoms with van der Waals surface area (Å²) in [5, 5.41) is 5.19. The number of hydrogen-bond donors (Lipinski definition) is 2. The molecule has 2 aromatic carbocycles. The highest BCUT2D eigenvalue weighted by Gasteiger charge is 2.17. The molecule has 2 aromatic rings. The van der Waals surface area contributed by atoms with E-state index in [-0.39, 0.29) is 30.5 Å². The van der Waals surface area contributed by atoms with Gasteiger partial charge in [-0.15, -0.1) is 0 Å². The van der Waals surface area contributed by atoms with Gasteiger partial charge in [-0.1, -0.05) is 6.07 Å². The number of carbonyl (C=O) groups is 2. The van der Waals surface area contributed by atoms with E-state index >= 15 is 0 Å². The fraction of sp³-hybridized carbons (Fsp3) is 0.333. The molecule has 1 fully saturated rings. The lowest BCUT2D eigenvalue weighted by atomic mass is 10.2. The van der Waals surface area contributed by atoms with Crippen LogP contribution in [0, 0.1) is 11.6 Å². The Morgan fingerprint density at radius 2 is 1.86 bits per heavy atom. The summed E-state index contributed by atoms with van der Waals surface area (Å²) in [6.07, 6.45) is 4.69. The number of rotatable bonds is 7. The van der Waals surface area contributed by atoms with E-state index in [1.165, 1.54) is 12.8 Å². The zero-order chi connectivity index (χ0) is 19.9. The van der Waals surface area contributed by atoms with E-state index in [4.69, 9.17) is 4.74 Å². The summed E-state index contributed by atoms with van der Waals surface area (Å²) < 4.78 is 32.4. The number of amides is 2. The van der Waals surface area contributed by atoms with E-state index in [9.17, 15) is 18.4 Å². The summed E-state index contributed by atoms with van der Waals surface area (Å²) >= 11 is 0. The number of anilines is 1. The normalized spacial score (nSPS) is 13.9. The van der Waals surface area contributed by atoms with Crippen LogP contribution in [0.15, 0.2) is 42.5 Å². The SMILES string of the molecule is O=C(CCNC(=O)c1ccc(F)cc1F)Nc1cccc(OC2CCCC2)c1. The number of carbonyl (C=O) groups excluding carboxylic acids is 2. The Kier molecular flexibility index (Phi) is 6.57. The molecule has 0 heterocycles. The number of hydrogen-bond acceptors (Lipinski definition) is 3. The van der Waals surface area contributed by atoms with E-state index in [1.54, 1.807) is 18.2 Å². The summed E-state index contributed by atoms with van der Waals surface area (Å²) in [6.45, 7) is 0.0275. The minimum absolute atomic E-state index is 0.0161. The van der Waals surface area contributed by atoms with Crippen molar-refractivity contribution in [1.82, 2.24) is 5.32 Å². The molecule has 1 saturated carbocycles. The third kappa shape index (κ3) is 5.52. The fourth-order valence-corrected chi connectivity index (χ4v) is 3.13. The highest BCUT2D eigenvalue weighted by Crippen LogP contribution is 2.25. The predicted molar refractivity (Wildman–Crippen MR) is 101 cm³/mol. The largest absolute Gasteiger partial charge is 0.490 e. The van der Waals surface area contributed by atoms with E-state index in [2.05, 4.69) is 10.6 Å². The zero-order valence-electron chi connectivity index (χ0n) is 15.3. The van der Waals surface area contributed by atoms with Crippen molar-refractivity contribution in [2.75, 3.05) is 11.9 Å². The second-order valence-electron chi connectivity index (χ2n) is 6.73. The molecule has 0 unspecified atom stereocenters. The lowest BCUT2D eigenvalue weighted by Crippen LogP contribution is -2.28. The Balaban J connectivity index is 1.45. The van der Waals surface area contributed by atoms with E-state index in [1.807, 2.05) is 6.07 Å². The molecule has 2 N–H and O–H groups in total. The molecular formula is C21H22F2N2O3. The van der Waals surface area contributed by atoms with Gasteiger partial charge < -0.3 is 15.4 Å². The summed E-state index contributed by atoms with van der Waals surface area (Å²) in [5.74, 6) is -1.98. The van der Waals surface area contributed by atoms with Gasteiger partial charge in [0.2, 0.25) is 5.91 Å². The lowest BCUT2D eigenvalue weighted by molar-refractivity contribution is -0.116. The van der Waals surface area contributed by atoms with Crippen LogP contribution in [0.25, 0.3) is 0 Å². The van der Waals surface area contributed by atoms with Crippen molar-refractivity contribution in [2.45, 2.75) is 38.2 Å². The quantitative estimate of drug-likeness (QED) is 0.752. The molecule has 0 spiro atoms. The van der Waals surface area contributed by atoms with Crippen molar-refractivity contribution in [2.24, 2.45) is 0 Å². The smallest absolute Gasteiger partial charge is 0.254 e. The number of halogens is 2. The topological polar surface area (TPSA) is 67.4 Å². The first-order valence-electron chi connectivity index (χ1n) is 9.31. The lowest BCUT2D eigenvalue weighted by Gasteiger charge is -2.14. The van der Waals surface area contributed by atoms with Crippen LogP contribution in [0.5, 0.6) is 5.75 Å². The van der Waals surface area contributed by atoms with Crippen LogP contribution in [0.3, 0.4) is 0 Å². The van der Waals surface area contributed by atoms with Gasteiger partial charge in [0.15, 0.2) is 0 Å². The van der Waals surface area contributed by atoms with E-state index in [0.717, 1.165) is 25.0 Å². The fourth-order valence-electron chi connectivity index (χ4n) is 3.13. The maximum absolute atomic E-state index is 13.6. The molecule has 0 aliphatic heterocycles. The van der Waals surface area contributed by atoms with Crippen molar-refractivity contribution >= 4 is 17.5 Å². The van der Waals surface area contributed by atoms with Crippen molar-refractivity contribution in [3.05, 3.63) is 59.7 Å². The minimum Gasteiger partial charge on any atom is -0.490 e. The van der Waals surface area contributed by atoms with Crippen LogP contribution in [0.2, 0.25) is 0 Å². The van der Waals surface area contributed by atoms with Crippen LogP contribution in [-0.2, 0) is 4.79 Å². The molecular weight excluding hydrogens is 366 g/mol. The average Bonchev–Trinajstić information content (AvgIpc) is 3.15. The van der Waals surface area contributed by atoms with Crippen molar-refractivity contribution in [3.8, 4) is 5.75 Å². The van der Waals surface area contributed by atoms with Crippen LogP contribution in [0.4, 0.5) is 14.5 Å². The van der Waals surface area contributed by atoms with Crippen LogP contribution in [0.1, 0.15) is 42.5 Å². The van der Waals surface area contributed by atoms with E-state index in [0.29, 0.717) is 17.5 Å². The molecule has 0 radical (unpaired) electrons. The van der Waals surface area contributed by atoms with E-state index < -0.39 is 17.5 Å². The molecule has 7 heteroatoms. The molecule has 0 atom stereocenters. The van der Waals surface area contributed by atoms with Gasteiger partial charge in [0.1, 0.15) is 17.4 Å². The molecule has 5 nitrogen and oxygen atoms in total. The average molecular weight is 388 g/mol. The van der Waals surface area contributed by atoms with Crippen LogP contribution >= 0.6 is 0 Å². The Labute approximate surface area is 162 Å². The monoisotopic (exact) mass is 388 g/mol. The first-order chi connectivity index (χ1) is 13.5. The molecule has 0 saturated heterocycles. The van der Waals surface area contributed by atoms with Crippen molar-refractivity contribution < 1.29 is 23.1 Å². The van der Waals surface area contributed by atoms with Gasteiger partial charge in [0, 0.05) is 30.8 Å². The molecule has 0 bridgehead atoms. The van der Waals surface area contributed by atoms with Gasteiger partial charge >= 0.3 is 0 Å². The molecule has 2 amide bonds. The van der Waals surface area contributed by atoms with Crippen LogP contribution < -0.4 is 15.4 Å². The molecule has 3 rings (SSSR count). The Bertz CT molecular complexity index is 851. The predicted octanol–water partition coefficient (Wildman–Crippen LogP) is 4.04. The third-order valence-corrected chi connectivity index (χ3v) is 4.54. The Hall–Kier alpha value is -2.96. The standard InChI is InChI=1S/C21H22F2N2O3/c22-14-8-9-18(19(23)12-14)21(27)24-11-10-20(26)25-15-4-3-7-17(13-15)28-16-5-1-2-6-16/h3-4,7-9,12-13,16H,1-2,5-6,10-11H2,(H,24,27)(H,25,26). The van der Waals surface area contributed by atoms with Gasteiger partial charge in [-0.2, -0.15) is 0 Å². The second-order valence-corrected chi connectivity index (χ2v) is 6.73. The number of benzene rings is 2. The molecule has 0 aromatic heterocycles. The molecule has 148 valence electrons. The molecule has 28 heavy (non-hydrogen) atoms.